The van der Waals surface area contributed by atoms with Crippen LogP contribution in [-0.4, -0.2) is 81.7 Å². The second-order valence-corrected chi connectivity index (χ2v) is 11.6. The molecule has 3 aromatic rings. The lowest BCUT2D eigenvalue weighted by Crippen LogP contribution is -2.35. The minimum Gasteiger partial charge on any atom is -0.495 e. The Balaban J connectivity index is 1.34. The zero-order valence-corrected chi connectivity index (χ0v) is 29.0. The third kappa shape index (κ3) is 12.4. The van der Waals surface area contributed by atoms with Gasteiger partial charge in [0.2, 0.25) is 5.95 Å². The Morgan fingerprint density at radius 1 is 1.08 bits per heavy atom. The standard InChI is InChI=1S/C33H37ClN8O10/c1-49-26-10-9-22(17-25(26)34)18-37-31-24(32(46)38-20-27-35-13-6-14-36-27)19-39-33(40-31)41-15-5-7-23(41)21-50-28(43)11-12-30(45)52-29(44)8-3-2-4-16-51-42(47)48/h6,9-14,17,19,23H,2-5,7-8,15-16,18,20-21H2,1H3,(H,38,46)(H,37,39,40)/b12-11-/t23-/m0/s1. The maximum atomic E-state index is 13.3. The van der Waals surface area contributed by atoms with E-state index in [2.05, 4.69) is 40.1 Å². The number of benzene rings is 1. The van der Waals surface area contributed by atoms with Crippen LogP contribution in [0.1, 0.15) is 60.3 Å². The summed E-state index contributed by atoms with van der Waals surface area (Å²) in [7, 11) is 1.52. The molecular formula is C33H37ClN8O10. The number of carbonyl (C=O) groups is 4. The molecule has 19 heteroatoms. The van der Waals surface area contributed by atoms with E-state index in [0.717, 1.165) is 24.1 Å². The van der Waals surface area contributed by atoms with E-state index >= 15 is 0 Å². The molecule has 0 bridgehead atoms. The molecule has 52 heavy (non-hydrogen) atoms. The first-order chi connectivity index (χ1) is 25.1. The average Bonchev–Trinajstić information content (AvgIpc) is 3.61. The van der Waals surface area contributed by atoms with Crippen molar-refractivity contribution < 1.29 is 43.3 Å². The average molecular weight is 741 g/mol. The molecule has 1 aliphatic heterocycles. The minimum absolute atomic E-state index is 0.0485. The van der Waals surface area contributed by atoms with Crippen LogP contribution in [-0.2, 0) is 41.8 Å². The van der Waals surface area contributed by atoms with Crippen molar-refractivity contribution in [3.8, 4) is 5.75 Å². The van der Waals surface area contributed by atoms with Gasteiger partial charge in [-0.1, -0.05) is 24.1 Å². The molecule has 4 rings (SSSR count). The van der Waals surface area contributed by atoms with Crippen LogP contribution in [0.3, 0.4) is 0 Å². The van der Waals surface area contributed by atoms with Crippen molar-refractivity contribution in [2.24, 2.45) is 0 Å². The number of hydrogen-bond acceptors (Lipinski definition) is 16. The molecule has 1 aliphatic rings. The van der Waals surface area contributed by atoms with Gasteiger partial charge in [-0.3, -0.25) is 9.59 Å². The summed E-state index contributed by atoms with van der Waals surface area (Å²) in [5, 5.41) is 15.6. The number of carbonyl (C=O) groups excluding carboxylic acids is 4. The van der Waals surface area contributed by atoms with Crippen LogP contribution in [0.4, 0.5) is 11.8 Å². The van der Waals surface area contributed by atoms with Crippen molar-refractivity contribution >= 4 is 47.2 Å². The van der Waals surface area contributed by atoms with Gasteiger partial charge < -0.3 is 34.6 Å². The summed E-state index contributed by atoms with van der Waals surface area (Å²) in [5.41, 5.74) is 0.986. The molecule has 0 aliphatic carbocycles. The molecule has 1 fully saturated rings. The van der Waals surface area contributed by atoms with E-state index in [9.17, 15) is 29.3 Å². The number of anilines is 2. The summed E-state index contributed by atoms with van der Waals surface area (Å²) >= 11 is 6.31. The SMILES string of the molecule is COc1ccc(CNc2nc(N3CCC[C@H]3COC(=O)/C=C\C(=O)OC(=O)CCCCCO[N+](=O)[O-])ncc2C(=O)NCc2ncccn2)cc1Cl. The van der Waals surface area contributed by atoms with Gasteiger partial charge in [-0.25, -0.2) is 24.5 Å². The molecule has 276 valence electrons. The third-order valence-electron chi connectivity index (χ3n) is 7.57. The largest absolute Gasteiger partial charge is 0.495 e. The highest BCUT2D eigenvalue weighted by Gasteiger charge is 2.29. The molecule has 0 spiro atoms. The van der Waals surface area contributed by atoms with Gasteiger partial charge in [0.1, 0.15) is 29.6 Å². The molecular weight excluding hydrogens is 704 g/mol. The molecule has 0 radical (unpaired) electrons. The van der Waals surface area contributed by atoms with Crippen LogP contribution in [0, 0.1) is 10.1 Å². The summed E-state index contributed by atoms with van der Waals surface area (Å²) < 4.78 is 15.2. The number of hydrogen-bond donors (Lipinski definition) is 2. The zero-order chi connectivity index (χ0) is 37.3. The monoisotopic (exact) mass is 740 g/mol. The first kappa shape index (κ1) is 38.9. The highest BCUT2D eigenvalue weighted by Crippen LogP contribution is 2.27. The predicted molar refractivity (Wildman–Crippen MR) is 184 cm³/mol. The van der Waals surface area contributed by atoms with Crippen molar-refractivity contribution in [3.05, 3.63) is 87.1 Å². The Morgan fingerprint density at radius 3 is 2.62 bits per heavy atom. The van der Waals surface area contributed by atoms with Gasteiger partial charge in [0.25, 0.3) is 11.0 Å². The Morgan fingerprint density at radius 2 is 1.87 bits per heavy atom. The van der Waals surface area contributed by atoms with Crippen molar-refractivity contribution in [1.82, 2.24) is 25.3 Å². The number of aromatic nitrogens is 4. The Kier molecular flexibility index (Phi) is 15.0. The number of amides is 1. The summed E-state index contributed by atoms with van der Waals surface area (Å²) in [6.07, 6.45) is 8.72. The van der Waals surface area contributed by atoms with Gasteiger partial charge >= 0.3 is 17.9 Å². The van der Waals surface area contributed by atoms with Crippen LogP contribution < -0.4 is 20.3 Å². The molecule has 18 nitrogen and oxygen atoms in total. The lowest BCUT2D eigenvalue weighted by atomic mass is 10.2. The molecule has 1 amide bonds. The second kappa shape index (κ2) is 20.1. The smallest absolute Gasteiger partial charge is 0.338 e. The number of methoxy groups -OCH3 is 1. The van der Waals surface area contributed by atoms with Crippen LogP contribution in [0.2, 0.25) is 5.02 Å². The van der Waals surface area contributed by atoms with Crippen LogP contribution >= 0.6 is 11.6 Å². The van der Waals surface area contributed by atoms with E-state index in [0.29, 0.717) is 54.8 Å². The first-order valence-corrected chi connectivity index (χ1v) is 16.6. The van der Waals surface area contributed by atoms with E-state index in [-0.39, 0.29) is 50.1 Å². The van der Waals surface area contributed by atoms with E-state index in [1.807, 2.05) is 11.0 Å². The van der Waals surface area contributed by atoms with Gasteiger partial charge in [-0.05, 0) is 49.4 Å². The highest BCUT2D eigenvalue weighted by atomic mass is 35.5. The molecule has 3 heterocycles. The van der Waals surface area contributed by atoms with E-state index in [1.165, 1.54) is 13.3 Å². The predicted octanol–water partition coefficient (Wildman–Crippen LogP) is 3.38. The van der Waals surface area contributed by atoms with Crippen molar-refractivity contribution in [3.63, 3.8) is 0 Å². The van der Waals surface area contributed by atoms with Crippen LogP contribution in [0.5, 0.6) is 5.75 Å². The summed E-state index contributed by atoms with van der Waals surface area (Å²) in [5.74, 6) is -1.59. The quantitative estimate of drug-likeness (QED) is 0.0448. The van der Waals surface area contributed by atoms with Gasteiger partial charge in [0, 0.05) is 50.3 Å². The Labute approximate surface area is 303 Å². The van der Waals surface area contributed by atoms with Crippen LogP contribution in [0.25, 0.3) is 0 Å². The van der Waals surface area contributed by atoms with Crippen molar-refractivity contribution in [2.45, 2.75) is 57.7 Å². The lowest BCUT2D eigenvalue weighted by molar-refractivity contribution is -0.757. The number of rotatable bonds is 19. The number of ether oxygens (including phenoxy) is 3. The van der Waals surface area contributed by atoms with Crippen molar-refractivity contribution in [1.29, 1.82) is 0 Å². The summed E-state index contributed by atoms with van der Waals surface area (Å²) in [4.78, 5) is 83.0. The fraction of sp³-hybridized carbons (Fsp3) is 0.394. The Bertz CT molecular complexity index is 1750. The molecule has 2 aromatic heterocycles. The van der Waals surface area contributed by atoms with Gasteiger partial charge in [-0.2, -0.15) is 4.98 Å². The van der Waals surface area contributed by atoms with Gasteiger partial charge in [-0.15, -0.1) is 10.1 Å². The number of nitrogens with one attached hydrogen (secondary N) is 2. The summed E-state index contributed by atoms with van der Waals surface area (Å²) in [6, 6.07) is 6.67. The Hall–Kier alpha value is -5.91. The fourth-order valence-electron chi connectivity index (χ4n) is 5.01. The van der Waals surface area contributed by atoms with Crippen LogP contribution in [0.15, 0.2) is 55.0 Å². The molecule has 1 saturated heterocycles. The summed E-state index contributed by atoms with van der Waals surface area (Å²) in [6.45, 7) is 0.772. The molecule has 0 unspecified atom stereocenters. The van der Waals surface area contributed by atoms with Gasteiger partial charge in [0.05, 0.1) is 31.3 Å². The molecule has 1 atom stereocenters. The molecule has 2 N–H and O–H groups in total. The lowest BCUT2D eigenvalue weighted by Gasteiger charge is -2.25. The second-order valence-electron chi connectivity index (χ2n) is 11.2. The topological polar surface area (TPSA) is 227 Å². The number of nitrogens with zero attached hydrogens (tertiary/aromatic N) is 6. The fourth-order valence-corrected chi connectivity index (χ4v) is 5.29. The van der Waals surface area contributed by atoms with E-state index in [4.69, 9.17) is 21.1 Å². The van der Waals surface area contributed by atoms with E-state index < -0.39 is 28.9 Å². The van der Waals surface area contributed by atoms with Gasteiger partial charge in [0.15, 0.2) is 0 Å². The highest BCUT2D eigenvalue weighted by molar-refractivity contribution is 6.32. The van der Waals surface area contributed by atoms with Crippen molar-refractivity contribution in [2.75, 3.05) is 37.1 Å². The number of halogens is 1. The third-order valence-corrected chi connectivity index (χ3v) is 7.86. The maximum absolute atomic E-state index is 13.3. The molecule has 0 saturated carbocycles. The van der Waals surface area contributed by atoms with E-state index in [1.54, 1.807) is 30.6 Å². The minimum atomic E-state index is -1.04. The number of esters is 3. The number of unbranched alkanes of at least 4 members (excludes halogenated alkanes) is 2. The normalized spacial score (nSPS) is 13.7. The molecule has 1 aromatic carbocycles. The zero-order valence-electron chi connectivity index (χ0n) is 28.2. The first-order valence-electron chi connectivity index (χ1n) is 16.2. The maximum Gasteiger partial charge on any atom is 0.338 e.